The zero-order valence-electron chi connectivity index (χ0n) is 24.4. The van der Waals surface area contributed by atoms with Crippen molar-refractivity contribution < 1.29 is 24.2 Å². The number of nitrogens with zero attached hydrogens (tertiary/aromatic N) is 4. The van der Waals surface area contributed by atoms with Gasteiger partial charge in [0.2, 0.25) is 0 Å². The Bertz CT molecular complexity index is 1300. The van der Waals surface area contributed by atoms with Crippen molar-refractivity contribution in [2.45, 2.75) is 63.1 Å². The molecule has 2 fully saturated rings. The highest BCUT2D eigenvalue weighted by molar-refractivity contribution is 5.98. The van der Waals surface area contributed by atoms with Gasteiger partial charge in [0.25, 0.3) is 5.91 Å². The molecule has 0 bridgehead atoms. The van der Waals surface area contributed by atoms with Gasteiger partial charge < -0.3 is 28.9 Å². The van der Waals surface area contributed by atoms with E-state index in [2.05, 4.69) is 4.57 Å². The van der Waals surface area contributed by atoms with Crippen LogP contribution in [0.3, 0.4) is 0 Å². The van der Waals surface area contributed by atoms with E-state index in [4.69, 9.17) is 14.5 Å². The quantitative estimate of drug-likeness (QED) is 0.253. The van der Waals surface area contributed by atoms with Crippen molar-refractivity contribution in [2.75, 3.05) is 40.0 Å². The van der Waals surface area contributed by atoms with E-state index in [0.29, 0.717) is 31.9 Å². The Morgan fingerprint density at radius 3 is 2.43 bits per heavy atom. The number of hydrogen-bond acceptors (Lipinski definition) is 5. The fourth-order valence-corrected chi connectivity index (χ4v) is 6.35. The second kappa shape index (κ2) is 14.5. The number of amides is 2. The van der Waals surface area contributed by atoms with Crippen LogP contribution < -0.4 is 0 Å². The first kappa shape index (κ1) is 29.8. The minimum atomic E-state index is -0.959. The first-order valence-electron chi connectivity index (χ1n) is 15.1. The molecule has 3 atom stereocenters. The monoisotopic (exact) mass is 574 g/mol. The van der Waals surface area contributed by atoms with Gasteiger partial charge in [-0.1, -0.05) is 79.9 Å². The zero-order chi connectivity index (χ0) is 29.3. The van der Waals surface area contributed by atoms with Crippen LogP contribution >= 0.6 is 0 Å². The molecule has 2 amide bonds. The van der Waals surface area contributed by atoms with Crippen LogP contribution in [0, 0.1) is 0 Å². The normalized spacial score (nSPS) is 21.2. The summed E-state index contributed by atoms with van der Waals surface area (Å²) in [5, 5.41) is 9.73. The van der Waals surface area contributed by atoms with E-state index in [1.165, 1.54) is 4.90 Å². The summed E-state index contributed by atoms with van der Waals surface area (Å²) in [7, 11) is 1.70. The summed E-state index contributed by atoms with van der Waals surface area (Å²) in [6, 6.07) is 19.7. The smallest absolute Gasteiger partial charge is 0.407 e. The van der Waals surface area contributed by atoms with E-state index >= 15 is 0 Å². The van der Waals surface area contributed by atoms with Crippen molar-refractivity contribution in [1.82, 2.24) is 19.4 Å². The summed E-state index contributed by atoms with van der Waals surface area (Å²) in [5.74, 6) is -0.162. The van der Waals surface area contributed by atoms with Gasteiger partial charge in [0.1, 0.15) is 0 Å². The second-order valence-corrected chi connectivity index (χ2v) is 11.2. The van der Waals surface area contributed by atoms with Crippen molar-refractivity contribution in [3.05, 3.63) is 78.2 Å². The molecular weight excluding hydrogens is 532 g/mol. The molecule has 2 heterocycles. The summed E-state index contributed by atoms with van der Waals surface area (Å²) in [6.45, 7) is 2.14. The van der Waals surface area contributed by atoms with Crippen molar-refractivity contribution in [2.24, 2.45) is 0 Å². The molecule has 2 aromatic carbocycles. The number of benzene rings is 2. The van der Waals surface area contributed by atoms with Gasteiger partial charge in [-0.3, -0.25) is 4.79 Å². The number of methoxy groups -OCH3 is 1. The lowest BCUT2D eigenvalue weighted by Crippen LogP contribution is -2.57. The highest BCUT2D eigenvalue weighted by Gasteiger charge is 2.37. The summed E-state index contributed by atoms with van der Waals surface area (Å²) in [6.07, 6.45) is 7.56. The Hall–Kier alpha value is -3.69. The molecule has 0 radical (unpaired) electrons. The van der Waals surface area contributed by atoms with Crippen LogP contribution in [-0.2, 0) is 15.9 Å². The van der Waals surface area contributed by atoms with Gasteiger partial charge in [0.05, 0.1) is 30.2 Å². The van der Waals surface area contributed by atoms with E-state index in [9.17, 15) is 14.7 Å². The minimum Gasteiger partial charge on any atom is -0.465 e. The molecule has 9 nitrogen and oxygen atoms in total. The first-order valence-corrected chi connectivity index (χ1v) is 15.1. The van der Waals surface area contributed by atoms with Gasteiger partial charge in [-0.15, -0.1) is 0 Å². The van der Waals surface area contributed by atoms with Crippen LogP contribution in [0.1, 0.15) is 60.6 Å². The molecule has 1 saturated carbocycles. The number of carbonyl (C=O) groups excluding carboxylic acids is 1. The summed E-state index contributed by atoms with van der Waals surface area (Å²) in [5.41, 5.74) is 3.21. The molecule has 1 aliphatic heterocycles. The number of ether oxygens (including phenoxy) is 2. The Kier molecular flexibility index (Phi) is 10.3. The number of rotatable bonds is 10. The largest absolute Gasteiger partial charge is 0.465 e. The summed E-state index contributed by atoms with van der Waals surface area (Å²) >= 11 is 0. The lowest BCUT2D eigenvalue weighted by atomic mass is 10.0. The molecule has 2 aliphatic rings. The molecule has 0 unspecified atom stereocenters. The van der Waals surface area contributed by atoms with Gasteiger partial charge in [-0.2, -0.15) is 0 Å². The lowest BCUT2D eigenvalue weighted by Gasteiger charge is -2.40. The second-order valence-electron chi connectivity index (χ2n) is 11.2. The standard InChI is InChI=1S/C33H42N4O5/c1-41-20-11-21-42-29-17-10-4-9-16-28(29)37-24-34-30(31(37)26-14-7-3-8-15-26)32(38)36-19-18-35(33(39)40)23-27(36)22-25-12-5-2-6-13-25/h2-3,5-8,12-15,24,27-29H,4,9-11,16-23H2,1H3,(H,39,40)/t27-,28+,29+/m1/s1. The molecule has 5 rings (SSSR count). The number of carbonyl (C=O) groups is 2. The topological polar surface area (TPSA) is 97.1 Å². The first-order chi connectivity index (χ1) is 20.6. The van der Waals surface area contributed by atoms with E-state index in [0.717, 1.165) is 55.3 Å². The third kappa shape index (κ3) is 7.02. The molecule has 1 N–H and O–H groups in total. The molecule has 224 valence electrons. The SMILES string of the molecule is COCCCO[C@H]1CCCCC[C@@H]1n1cnc(C(=O)N2CCN(C(=O)O)C[C@H]2Cc2ccccc2)c1-c1ccccc1. The fourth-order valence-electron chi connectivity index (χ4n) is 6.35. The van der Waals surface area contributed by atoms with Gasteiger partial charge in [0, 0.05) is 45.5 Å². The van der Waals surface area contributed by atoms with Crippen LogP contribution in [0.2, 0.25) is 0 Å². The maximum atomic E-state index is 14.4. The predicted molar refractivity (Wildman–Crippen MR) is 161 cm³/mol. The number of aromatic nitrogens is 2. The maximum Gasteiger partial charge on any atom is 0.407 e. The van der Waals surface area contributed by atoms with E-state index in [1.54, 1.807) is 7.11 Å². The molecule has 1 aromatic heterocycles. The van der Waals surface area contributed by atoms with Gasteiger partial charge in [0.15, 0.2) is 5.69 Å². The zero-order valence-corrected chi connectivity index (χ0v) is 24.4. The molecule has 9 heteroatoms. The van der Waals surface area contributed by atoms with Crippen molar-refractivity contribution >= 4 is 12.0 Å². The third-order valence-electron chi connectivity index (χ3n) is 8.47. The van der Waals surface area contributed by atoms with Crippen LogP contribution in [0.25, 0.3) is 11.3 Å². The number of piperazine rings is 1. The van der Waals surface area contributed by atoms with Gasteiger partial charge >= 0.3 is 6.09 Å². The number of carboxylic acid groups (broad SMARTS) is 1. The number of imidazole rings is 1. The van der Waals surface area contributed by atoms with Gasteiger partial charge in [-0.05, 0) is 31.2 Å². The van der Waals surface area contributed by atoms with Gasteiger partial charge in [-0.25, -0.2) is 9.78 Å². The predicted octanol–water partition coefficient (Wildman–Crippen LogP) is 5.52. The minimum absolute atomic E-state index is 0.0221. The molecule has 0 spiro atoms. The van der Waals surface area contributed by atoms with Crippen molar-refractivity contribution in [3.63, 3.8) is 0 Å². The summed E-state index contributed by atoms with van der Waals surface area (Å²) in [4.78, 5) is 34.3. The molecule has 3 aromatic rings. The Morgan fingerprint density at radius 1 is 0.952 bits per heavy atom. The van der Waals surface area contributed by atoms with E-state index in [-0.39, 0.29) is 37.2 Å². The lowest BCUT2D eigenvalue weighted by molar-refractivity contribution is 0.00370. The Balaban J connectivity index is 1.49. The van der Waals surface area contributed by atoms with E-state index < -0.39 is 6.09 Å². The fraction of sp³-hybridized carbons (Fsp3) is 0.485. The molecule has 42 heavy (non-hydrogen) atoms. The summed E-state index contributed by atoms with van der Waals surface area (Å²) < 4.78 is 13.8. The maximum absolute atomic E-state index is 14.4. The average molecular weight is 575 g/mol. The van der Waals surface area contributed by atoms with Crippen molar-refractivity contribution in [3.8, 4) is 11.3 Å². The molecule has 1 aliphatic carbocycles. The highest BCUT2D eigenvalue weighted by atomic mass is 16.5. The third-order valence-corrected chi connectivity index (χ3v) is 8.47. The Morgan fingerprint density at radius 2 is 1.69 bits per heavy atom. The Labute approximate surface area is 248 Å². The van der Waals surface area contributed by atoms with E-state index in [1.807, 2.05) is 71.9 Å². The van der Waals surface area contributed by atoms with Crippen LogP contribution in [-0.4, -0.2) is 88.6 Å². The molecule has 1 saturated heterocycles. The van der Waals surface area contributed by atoms with Crippen molar-refractivity contribution in [1.29, 1.82) is 0 Å². The molecular formula is C33H42N4O5. The highest BCUT2D eigenvalue weighted by Crippen LogP contribution is 2.36. The van der Waals surface area contributed by atoms with Crippen LogP contribution in [0.15, 0.2) is 67.0 Å². The van der Waals surface area contributed by atoms with Crippen LogP contribution in [0.4, 0.5) is 4.79 Å². The van der Waals surface area contributed by atoms with Crippen LogP contribution in [0.5, 0.6) is 0 Å². The number of hydrogen-bond donors (Lipinski definition) is 1. The average Bonchev–Trinajstić information content (AvgIpc) is 3.32.